The van der Waals surface area contributed by atoms with Gasteiger partial charge in [-0.05, 0) is 70.8 Å². The number of unbranched alkanes of at least 4 members (excludes halogenated alkanes) is 1. The van der Waals surface area contributed by atoms with Gasteiger partial charge in [0.2, 0.25) is 0 Å². The van der Waals surface area contributed by atoms with Gasteiger partial charge in [-0.3, -0.25) is 0 Å². The van der Waals surface area contributed by atoms with Crippen molar-refractivity contribution in [2.45, 2.75) is 58.6 Å². The third-order valence-corrected chi connectivity index (χ3v) is 5.55. The second-order valence-corrected chi connectivity index (χ2v) is 8.09. The van der Waals surface area contributed by atoms with Crippen molar-refractivity contribution < 1.29 is 9.47 Å². The van der Waals surface area contributed by atoms with Crippen LogP contribution in [0.4, 0.5) is 0 Å². The molecule has 1 aromatic carbocycles. The lowest BCUT2D eigenvalue weighted by Crippen LogP contribution is -2.38. The zero-order valence-electron chi connectivity index (χ0n) is 18.6. The maximum Gasteiger partial charge on any atom is 0.191 e. The van der Waals surface area contributed by atoms with Crippen molar-refractivity contribution in [3.05, 3.63) is 29.3 Å². The summed E-state index contributed by atoms with van der Waals surface area (Å²) in [5.74, 6) is 1.81. The van der Waals surface area contributed by atoms with Crippen LogP contribution in [-0.2, 0) is 11.3 Å². The maximum absolute atomic E-state index is 6.20. The summed E-state index contributed by atoms with van der Waals surface area (Å²) >= 11 is 0. The van der Waals surface area contributed by atoms with E-state index in [1.165, 1.54) is 50.9 Å². The predicted molar refractivity (Wildman–Crippen MR) is 134 cm³/mol. The number of guanidine groups is 1. The van der Waals surface area contributed by atoms with E-state index in [9.17, 15) is 0 Å². The highest BCUT2D eigenvalue weighted by atomic mass is 127. The first-order valence-electron chi connectivity index (χ1n) is 11.3. The quantitative estimate of drug-likeness (QED) is 0.209. The highest BCUT2D eigenvalue weighted by Gasteiger charge is 2.18. The van der Waals surface area contributed by atoms with Crippen LogP contribution in [0.25, 0.3) is 0 Å². The van der Waals surface area contributed by atoms with E-state index in [2.05, 4.69) is 47.6 Å². The molecule has 2 aliphatic rings. The summed E-state index contributed by atoms with van der Waals surface area (Å²) in [7, 11) is 0. The van der Waals surface area contributed by atoms with Crippen LogP contribution in [0.3, 0.4) is 0 Å². The number of likely N-dealkylation sites (tertiary alicyclic amines) is 1. The number of nitrogens with one attached hydrogen (secondary N) is 2. The second-order valence-electron chi connectivity index (χ2n) is 8.09. The molecule has 3 rings (SSSR count). The van der Waals surface area contributed by atoms with Crippen molar-refractivity contribution in [2.75, 3.05) is 45.9 Å². The first-order chi connectivity index (χ1) is 14.2. The Morgan fingerprint density at radius 2 is 2.07 bits per heavy atom. The topological polar surface area (TPSA) is 58.1 Å². The lowest BCUT2D eigenvalue weighted by molar-refractivity contribution is 0.140. The third kappa shape index (κ3) is 8.59. The van der Waals surface area contributed by atoms with Crippen molar-refractivity contribution >= 4 is 29.9 Å². The van der Waals surface area contributed by atoms with E-state index in [0.717, 1.165) is 43.4 Å². The molecule has 0 aromatic heterocycles. The minimum absolute atomic E-state index is 0. The minimum Gasteiger partial charge on any atom is -0.488 e. The van der Waals surface area contributed by atoms with Crippen molar-refractivity contribution in [1.29, 1.82) is 0 Å². The smallest absolute Gasteiger partial charge is 0.191 e. The van der Waals surface area contributed by atoms with Crippen molar-refractivity contribution in [3.63, 3.8) is 0 Å². The Hall–Kier alpha value is -1.06. The first-order valence-corrected chi connectivity index (χ1v) is 11.3. The third-order valence-electron chi connectivity index (χ3n) is 5.55. The molecule has 0 amide bonds. The van der Waals surface area contributed by atoms with Crippen molar-refractivity contribution in [1.82, 2.24) is 15.5 Å². The van der Waals surface area contributed by atoms with Crippen LogP contribution in [0.5, 0.6) is 5.75 Å². The second kappa shape index (κ2) is 14.1. The summed E-state index contributed by atoms with van der Waals surface area (Å²) in [6.45, 7) is 11.9. The van der Waals surface area contributed by atoms with Crippen LogP contribution in [0.2, 0.25) is 0 Å². The van der Waals surface area contributed by atoms with E-state index in [1.807, 2.05) is 0 Å². The summed E-state index contributed by atoms with van der Waals surface area (Å²) in [5.41, 5.74) is 2.32. The number of hydrogen-bond acceptors (Lipinski definition) is 4. The molecule has 2 aliphatic heterocycles. The first kappa shape index (κ1) is 25.2. The van der Waals surface area contributed by atoms with Crippen LogP contribution in [-0.4, -0.2) is 62.9 Å². The average molecular weight is 530 g/mol. The van der Waals surface area contributed by atoms with Crippen LogP contribution in [0, 0.1) is 6.92 Å². The fraction of sp³-hybridized carbons (Fsp3) is 0.696. The van der Waals surface area contributed by atoms with E-state index in [-0.39, 0.29) is 30.1 Å². The highest BCUT2D eigenvalue weighted by Crippen LogP contribution is 2.24. The molecule has 0 saturated carbocycles. The summed E-state index contributed by atoms with van der Waals surface area (Å²) in [4.78, 5) is 7.37. The fourth-order valence-electron chi connectivity index (χ4n) is 3.87. The molecule has 170 valence electrons. The van der Waals surface area contributed by atoms with Crippen LogP contribution >= 0.6 is 24.0 Å². The van der Waals surface area contributed by atoms with Gasteiger partial charge >= 0.3 is 0 Å². The van der Waals surface area contributed by atoms with E-state index in [1.54, 1.807) is 0 Å². The summed E-state index contributed by atoms with van der Waals surface area (Å²) in [6, 6.07) is 6.37. The maximum atomic E-state index is 6.20. The molecule has 6 nitrogen and oxygen atoms in total. The highest BCUT2D eigenvalue weighted by molar-refractivity contribution is 14.0. The minimum atomic E-state index is 0. The van der Waals surface area contributed by atoms with Gasteiger partial charge in [-0.25, -0.2) is 4.99 Å². The number of nitrogens with zero attached hydrogens (tertiary/aromatic N) is 2. The fourth-order valence-corrected chi connectivity index (χ4v) is 3.87. The largest absolute Gasteiger partial charge is 0.488 e. The van der Waals surface area contributed by atoms with E-state index in [4.69, 9.17) is 14.5 Å². The Morgan fingerprint density at radius 1 is 1.23 bits per heavy atom. The summed E-state index contributed by atoms with van der Waals surface area (Å²) in [6.07, 6.45) is 6.26. The molecule has 7 heteroatoms. The Kier molecular flexibility index (Phi) is 11.8. The number of ether oxygens (including phenoxy) is 2. The normalized spacial score (nSPS) is 19.5. The zero-order valence-corrected chi connectivity index (χ0v) is 21.0. The number of hydrogen-bond donors (Lipinski definition) is 2. The van der Waals surface area contributed by atoms with Crippen LogP contribution in [0.1, 0.15) is 50.2 Å². The van der Waals surface area contributed by atoms with Gasteiger partial charge in [0.15, 0.2) is 5.96 Å². The van der Waals surface area contributed by atoms with E-state index in [0.29, 0.717) is 13.2 Å². The standard InChI is InChI=1S/C23H38N4O2.HI/c1-3-24-23(25-11-4-5-12-27-13-6-7-14-27)26-17-20-9-8-19(2)16-22(20)29-21-10-15-28-18-21;/h8-9,16,21H,3-7,10-15,17-18H2,1-2H3,(H2,24,25,26);1H. The summed E-state index contributed by atoms with van der Waals surface area (Å²) in [5, 5.41) is 6.84. The zero-order chi connectivity index (χ0) is 20.3. The van der Waals surface area contributed by atoms with Crippen LogP contribution in [0.15, 0.2) is 23.2 Å². The Labute approximate surface area is 199 Å². The van der Waals surface area contributed by atoms with Gasteiger partial charge in [-0.2, -0.15) is 0 Å². The lowest BCUT2D eigenvalue weighted by Gasteiger charge is -2.17. The molecule has 0 radical (unpaired) electrons. The SMILES string of the molecule is CCNC(=NCc1ccc(C)cc1OC1CCOC1)NCCCCN1CCCC1.I. The molecule has 2 heterocycles. The molecule has 0 aliphatic carbocycles. The molecule has 2 fully saturated rings. The van der Waals surface area contributed by atoms with Gasteiger partial charge in [0.25, 0.3) is 0 Å². The molecule has 2 saturated heterocycles. The van der Waals surface area contributed by atoms with Crippen LogP contribution < -0.4 is 15.4 Å². The molecule has 30 heavy (non-hydrogen) atoms. The number of halogens is 1. The predicted octanol–water partition coefficient (Wildman–Crippen LogP) is 3.71. The molecule has 1 atom stereocenters. The molecule has 2 N–H and O–H groups in total. The van der Waals surface area contributed by atoms with E-state index >= 15 is 0 Å². The Balaban J connectivity index is 0.00000320. The monoisotopic (exact) mass is 530 g/mol. The van der Waals surface area contributed by atoms with Crippen molar-refractivity contribution in [2.24, 2.45) is 4.99 Å². The Bertz CT molecular complexity index is 644. The Morgan fingerprint density at radius 3 is 2.80 bits per heavy atom. The average Bonchev–Trinajstić information content (AvgIpc) is 3.41. The molecular formula is C23H39IN4O2. The molecule has 0 spiro atoms. The van der Waals surface area contributed by atoms with Gasteiger partial charge in [-0.1, -0.05) is 12.1 Å². The van der Waals surface area contributed by atoms with Gasteiger partial charge in [0.1, 0.15) is 11.9 Å². The molecule has 1 unspecified atom stereocenters. The lowest BCUT2D eigenvalue weighted by atomic mass is 10.1. The number of aryl methyl sites for hydroxylation is 1. The van der Waals surface area contributed by atoms with Gasteiger partial charge < -0.3 is 25.0 Å². The molecular weight excluding hydrogens is 491 g/mol. The molecule has 0 bridgehead atoms. The van der Waals surface area contributed by atoms with Gasteiger partial charge in [0, 0.05) is 25.1 Å². The van der Waals surface area contributed by atoms with Gasteiger partial charge in [0.05, 0.1) is 19.8 Å². The van der Waals surface area contributed by atoms with Gasteiger partial charge in [-0.15, -0.1) is 24.0 Å². The van der Waals surface area contributed by atoms with Crippen molar-refractivity contribution in [3.8, 4) is 5.75 Å². The summed E-state index contributed by atoms with van der Waals surface area (Å²) < 4.78 is 11.7. The van der Waals surface area contributed by atoms with E-state index < -0.39 is 0 Å². The molecule has 1 aromatic rings. The number of rotatable bonds is 10. The number of benzene rings is 1. The number of aliphatic imine (C=N–C) groups is 1.